The normalized spacial score (nSPS) is 18.5. The molecule has 3 heterocycles. The Balaban J connectivity index is 1.30. The molecule has 0 bridgehead atoms. The van der Waals surface area contributed by atoms with Crippen LogP contribution in [0.4, 0.5) is 14.6 Å². The Kier molecular flexibility index (Phi) is 8.77. The average Bonchev–Trinajstić information content (AvgIpc) is 3.93. The zero-order valence-corrected chi connectivity index (χ0v) is 26.9. The fourth-order valence-electron chi connectivity index (χ4n) is 5.67. The number of benzene rings is 1. The molecule has 1 aliphatic heterocycles. The predicted octanol–water partition coefficient (Wildman–Crippen LogP) is 6.02. The van der Waals surface area contributed by atoms with Crippen LogP contribution in [-0.4, -0.2) is 64.5 Å². The zero-order valence-electron chi connectivity index (χ0n) is 26.2. The minimum absolute atomic E-state index is 0.0115. The molecule has 1 saturated heterocycles. The van der Waals surface area contributed by atoms with Gasteiger partial charge < -0.3 is 24.8 Å². The fraction of sp³-hybridized carbons (Fsp3) is 0.471. The number of rotatable bonds is 12. The van der Waals surface area contributed by atoms with E-state index < -0.39 is 30.8 Å². The topological polar surface area (TPSA) is 106 Å². The Hall–Kier alpha value is -3.67. The van der Waals surface area contributed by atoms with Gasteiger partial charge in [-0.3, -0.25) is 14.4 Å². The molecule has 2 aliphatic carbocycles. The van der Waals surface area contributed by atoms with Gasteiger partial charge in [0.25, 0.3) is 23.3 Å². The summed E-state index contributed by atoms with van der Waals surface area (Å²) in [4.78, 5) is 46.2. The highest BCUT2D eigenvalue weighted by molar-refractivity contribution is 6.31. The fourth-order valence-corrected chi connectivity index (χ4v) is 5.84. The summed E-state index contributed by atoms with van der Waals surface area (Å²) in [5.41, 5.74) is 2.11. The quantitative estimate of drug-likeness (QED) is 0.248. The van der Waals surface area contributed by atoms with Crippen LogP contribution in [0.15, 0.2) is 47.4 Å². The lowest BCUT2D eigenvalue weighted by Gasteiger charge is -2.39. The van der Waals surface area contributed by atoms with Crippen molar-refractivity contribution >= 4 is 29.2 Å². The summed E-state index contributed by atoms with van der Waals surface area (Å²) in [6.07, 6.45) is 6.25. The van der Waals surface area contributed by atoms with E-state index in [-0.39, 0.29) is 40.1 Å². The summed E-state index contributed by atoms with van der Waals surface area (Å²) < 4.78 is 34.5. The summed E-state index contributed by atoms with van der Waals surface area (Å²) in [6, 6.07) is 9.94. The first kappa shape index (κ1) is 32.3. The van der Waals surface area contributed by atoms with Crippen molar-refractivity contribution in [2.75, 3.05) is 32.1 Å². The second-order valence-electron chi connectivity index (χ2n) is 12.9. The first-order valence-electron chi connectivity index (χ1n) is 15.7. The third-order valence-electron chi connectivity index (χ3n) is 9.09. The third kappa shape index (κ3) is 7.01. The molecular weight excluding hydrogens is 616 g/mol. The van der Waals surface area contributed by atoms with Crippen molar-refractivity contribution in [1.82, 2.24) is 19.8 Å². The maximum atomic E-state index is 13.7. The predicted molar refractivity (Wildman–Crippen MR) is 172 cm³/mol. The Morgan fingerprint density at radius 3 is 2.48 bits per heavy atom. The molecule has 6 rings (SSSR count). The van der Waals surface area contributed by atoms with Crippen molar-refractivity contribution in [2.24, 2.45) is 0 Å². The van der Waals surface area contributed by atoms with E-state index >= 15 is 0 Å². The van der Waals surface area contributed by atoms with E-state index in [1.807, 2.05) is 19.2 Å². The molecule has 46 heavy (non-hydrogen) atoms. The van der Waals surface area contributed by atoms with Gasteiger partial charge in [0.2, 0.25) is 0 Å². The van der Waals surface area contributed by atoms with Crippen LogP contribution in [0.2, 0.25) is 5.02 Å². The number of hydrogen-bond donors (Lipinski definition) is 2. The van der Waals surface area contributed by atoms with Gasteiger partial charge in [0.15, 0.2) is 0 Å². The molecule has 3 aromatic rings. The van der Waals surface area contributed by atoms with Crippen LogP contribution in [-0.2, 0) is 11.3 Å². The van der Waals surface area contributed by atoms with Crippen molar-refractivity contribution in [2.45, 2.75) is 76.0 Å². The molecule has 244 valence electrons. The van der Waals surface area contributed by atoms with Crippen molar-refractivity contribution in [3.8, 4) is 11.1 Å². The highest BCUT2D eigenvalue weighted by Crippen LogP contribution is 2.42. The number of amides is 2. The number of carbonyl (C=O) groups is 2. The van der Waals surface area contributed by atoms with Crippen molar-refractivity contribution < 1.29 is 23.1 Å². The van der Waals surface area contributed by atoms with Gasteiger partial charge in [0.1, 0.15) is 11.4 Å². The number of nitrogens with one attached hydrogen (secondary N) is 2. The lowest BCUT2D eigenvalue weighted by Crippen LogP contribution is -2.58. The second-order valence-corrected chi connectivity index (χ2v) is 13.4. The molecule has 0 spiro atoms. The minimum Gasteiger partial charge on any atom is -0.377 e. The van der Waals surface area contributed by atoms with Gasteiger partial charge in [-0.15, -0.1) is 0 Å². The number of methoxy groups -OCH3 is 1. The van der Waals surface area contributed by atoms with Gasteiger partial charge in [-0.05, 0) is 86.1 Å². The lowest BCUT2D eigenvalue weighted by molar-refractivity contribution is -0.113. The van der Waals surface area contributed by atoms with Crippen LogP contribution >= 0.6 is 11.6 Å². The van der Waals surface area contributed by atoms with Crippen molar-refractivity contribution in [3.63, 3.8) is 0 Å². The smallest absolute Gasteiger partial charge is 0.282 e. The first-order valence-corrected chi connectivity index (χ1v) is 16.1. The minimum atomic E-state index is -2.91. The van der Waals surface area contributed by atoms with Crippen LogP contribution in [0.1, 0.15) is 89.9 Å². The van der Waals surface area contributed by atoms with E-state index in [1.165, 1.54) is 6.07 Å². The molecule has 12 heteroatoms. The zero-order chi connectivity index (χ0) is 32.8. The standard InChI is InChI=1S/C34H38ClF2N5O4/c1-4-33(2,46-3)17-38-15-20-11-27(32(45)42(16-20)24-8-9-24)30(43)40-29-13-22(12-28(39-29)21-5-6-21)25-10-7-23(35)14-26(25)31(44)41-18-34(36,37)19-41/h7,10-14,16,21,24,38H,4-6,8-9,15,17-19H2,1-3H3,(H,39,40,43)/t33-/m0/s1. The van der Waals surface area contributed by atoms with E-state index in [0.717, 1.165) is 48.3 Å². The first-order chi connectivity index (χ1) is 21.9. The monoisotopic (exact) mass is 653 g/mol. The highest BCUT2D eigenvalue weighted by atomic mass is 35.5. The molecule has 2 aromatic heterocycles. The average molecular weight is 654 g/mol. The number of alkyl halides is 2. The SMILES string of the molecule is CC[C@@](C)(CNCc1cc(C(=O)Nc2cc(-c3ccc(Cl)cc3C(=O)N3CC(F)(F)C3)cc(C3CC3)n2)c(=O)n(C2CC2)c1)OC. The molecule has 3 fully saturated rings. The molecule has 0 unspecified atom stereocenters. The van der Waals surface area contributed by atoms with Gasteiger partial charge >= 0.3 is 0 Å². The number of hydrogen-bond acceptors (Lipinski definition) is 6. The summed E-state index contributed by atoms with van der Waals surface area (Å²) >= 11 is 6.24. The Labute approximate surface area is 271 Å². The van der Waals surface area contributed by atoms with E-state index in [1.54, 1.807) is 35.9 Å². The largest absolute Gasteiger partial charge is 0.377 e. The molecule has 1 atom stereocenters. The van der Waals surface area contributed by atoms with Crippen LogP contribution in [0.3, 0.4) is 0 Å². The van der Waals surface area contributed by atoms with Crippen LogP contribution in [0.5, 0.6) is 0 Å². The maximum absolute atomic E-state index is 13.7. The van der Waals surface area contributed by atoms with Crippen LogP contribution < -0.4 is 16.2 Å². The van der Waals surface area contributed by atoms with Gasteiger partial charge in [0, 0.05) is 54.6 Å². The number of aromatic nitrogens is 2. The van der Waals surface area contributed by atoms with Gasteiger partial charge in [0.05, 0.1) is 18.7 Å². The van der Waals surface area contributed by atoms with Gasteiger partial charge in [-0.2, -0.15) is 0 Å². The number of carbonyl (C=O) groups excluding carboxylic acids is 2. The number of pyridine rings is 2. The van der Waals surface area contributed by atoms with Crippen molar-refractivity contribution in [1.29, 1.82) is 0 Å². The third-order valence-corrected chi connectivity index (χ3v) is 9.33. The second kappa shape index (κ2) is 12.5. The summed E-state index contributed by atoms with van der Waals surface area (Å²) in [5, 5.41) is 6.53. The molecule has 1 aromatic carbocycles. The number of nitrogens with zero attached hydrogens (tertiary/aromatic N) is 3. The molecule has 3 aliphatic rings. The summed E-state index contributed by atoms with van der Waals surface area (Å²) in [5.74, 6) is -3.62. The Morgan fingerprint density at radius 2 is 1.85 bits per heavy atom. The number of halogens is 3. The van der Waals surface area contributed by atoms with Crippen LogP contribution in [0, 0.1) is 0 Å². The van der Waals surface area contributed by atoms with Gasteiger partial charge in [-0.1, -0.05) is 24.6 Å². The Bertz CT molecular complexity index is 1720. The molecular formula is C34H38ClF2N5O4. The van der Waals surface area contributed by atoms with E-state index in [4.69, 9.17) is 16.3 Å². The van der Waals surface area contributed by atoms with E-state index in [9.17, 15) is 23.2 Å². The molecule has 2 N–H and O–H groups in total. The van der Waals surface area contributed by atoms with E-state index in [0.29, 0.717) is 29.2 Å². The summed E-state index contributed by atoms with van der Waals surface area (Å²) in [6.45, 7) is 3.81. The lowest BCUT2D eigenvalue weighted by atomic mass is 9.96. The Morgan fingerprint density at radius 1 is 1.11 bits per heavy atom. The number of likely N-dealkylation sites (tertiary alicyclic amines) is 1. The molecule has 2 amide bonds. The van der Waals surface area contributed by atoms with Crippen molar-refractivity contribution in [3.05, 3.63) is 80.4 Å². The highest BCUT2D eigenvalue weighted by Gasteiger charge is 2.46. The van der Waals surface area contributed by atoms with Gasteiger partial charge in [-0.25, -0.2) is 13.8 Å². The number of anilines is 1. The van der Waals surface area contributed by atoms with E-state index in [2.05, 4.69) is 22.5 Å². The number of ether oxygens (including phenoxy) is 1. The van der Waals surface area contributed by atoms with Crippen LogP contribution in [0.25, 0.3) is 11.1 Å². The molecule has 9 nitrogen and oxygen atoms in total. The maximum Gasteiger partial charge on any atom is 0.282 e. The molecule has 0 radical (unpaired) electrons. The molecule has 2 saturated carbocycles. The summed E-state index contributed by atoms with van der Waals surface area (Å²) in [7, 11) is 1.68.